The van der Waals surface area contributed by atoms with Gasteiger partial charge in [-0.2, -0.15) is 0 Å². The molecule has 292 valence electrons. The van der Waals surface area contributed by atoms with Crippen molar-refractivity contribution in [3.05, 3.63) is 34.4 Å². The third kappa shape index (κ3) is 12.4. The van der Waals surface area contributed by atoms with E-state index in [0.29, 0.717) is 0 Å². The predicted molar refractivity (Wildman–Crippen MR) is 167 cm³/mol. The molecule has 2 heterocycles. The van der Waals surface area contributed by atoms with Crippen LogP contribution in [0.2, 0.25) is 0 Å². The average Bonchev–Trinajstić information content (AvgIpc) is 3.03. The summed E-state index contributed by atoms with van der Waals surface area (Å²) in [4.78, 5) is 96.1. The Morgan fingerprint density at radius 1 is 0.547 bits per heavy atom. The summed E-state index contributed by atoms with van der Waals surface area (Å²) in [5.74, 6) is -6.24. The Labute approximate surface area is 301 Å². The summed E-state index contributed by atoms with van der Waals surface area (Å²) in [5, 5.41) is 11.2. The van der Waals surface area contributed by atoms with Crippen molar-refractivity contribution in [2.75, 3.05) is 13.2 Å². The number of nitrogens with zero attached hydrogens (tertiary/aromatic N) is 1. The fourth-order valence-electron chi connectivity index (χ4n) is 5.35. The predicted octanol–water partition coefficient (Wildman–Crippen LogP) is 0.593. The van der Waals surface area contributed by atoms with E-state index >= 15 is 0 Å². The van der Waals surface area contributed by atoms with Crippen LogP contribution in [0, 0.1) is 10.1 Å². The lowest BCUT2D eigenvalue weighted by molar-refractivity contribution is -0.384. The highest BCUT2D eigenvalue weighted by atomic mass is 16.8. The summed E-state index contributed by atoms with van der Waals surface area (Å²) in [7, 11) is 0. The van der Waals surface area contributed by atoms with Crippen LogP contribution in [0.5, 0.6) is 5.75 Å². The minimum absolute atomic E-state index is 0.0408. The highest BCUT2D eigenvalue weighted by Gasteiger charge is 2.58. The van der Waals surface area contributed by atoms with E-state index in [9.17, 15) is 43.7 Å². The maximum Gasteiger partial charge on any atom is 0.303 e. The van der Waals surface area contributed by atoms with E-state index < -0.39 is 121 Å². The van der Waals surface area contributed by atoms with Gasteiger partial charge in [0, 0.05) is 60.6 Å². The number of nitro groups is 1. The first kappa shape index (κ1) is 42.0. The van der Waals surface area contributed by atoms with Gasteiger partial charge in [0.05, 0.1) is 4.92 Å². The Kier molecular flexibility index (Phi) is 15.0. The van der Waals surface area contributed by atoms with Gasteiger partial charge in [-0.25, -0.2) is 0 Å². The third-order valence-corrected chi connectivity index (χ3v) is 7.19. The fourth-order valence-corrected chi connectivity index (χ4v) is 5.35. The Hall–Kier alpha value is -5.41. The number of rotatable bonds is 14. The first-order valence-electron chi connectivity index (χ1n) is 15.9. The van der Waals surface area contributed by atoms with Crippen LogP contribution < -0.4 is 4.74 Å². The van der Waals surface area contributed by atoms with Crippen molar-refractivity contribution in [1.82, 2.24) is 0 Å². The monoisotopic (exact) mass is 757 g/mol. The minimum atomic E-state index is -1.88. The number of carbonyl (C=O) groups excluding carboxylic acids is 7. The van der Waals surface area contributed by atoms with Gasteiger partial charge in [-0.3, -0.25) is 43.7 Å². The van der Waals surface area contributed by atoms with Crippen molar-refractivity contribution in [1.29, 1.82) is 0 Å². The quantitative estimate of drug-likeness (QED) is 0.109. The van der Waals surface area contributed by atoms with Gasteiger partial charge in [-0.1, -0.05) is 0 Å². The Morgan fingerprint density at radius 3 is 1.34 bits per heavy atom. The van der Waals surface area contributed by atoms with Crippen molar-refractivity contribution >= 4 is 47.5 Å². The van der Waals surface area contributed by atoms with E-state index in [4.69, 9.17) is 52.1 Å². The van der Waals surface area contributed by atoms with Gasteiger partial charge in [-0.15, -0.1) is 0 Å². The lowest BCUT2D eigenvalue weighted by atomic mass is 9.96. The largest absolute Gasteiger partial charge is 0.463 e. The molecule has 0 aromatic heterocycles. The van der Waals surface area contributed by atoms with E-state index in [1.54, 1.807) is 0 Å². The van der Waals surface area contributed by atoms with Crippen molar-refractivity contribution in [3.63, 3.8) is 0 Å². The smallest absolute Gasteiger partial charge is 0.303 e. The molecule has 0 spiro atoms. The molecular weight excluding hydrogens is 718 g/mol. The number of nitro benzene ring substituents is 1. The Morgan fingerprint density at radius 2 is 0.925 bits per heavy atom. The minimum Gasteiger partial charge on any atom is -0.463 e. The number of ether oxygens (including phenoxy) is 11. The zero-order valence-electron chi connectivity index (χ0n) is 29.6. The molecular formula is C32H39NO20. The second-order valence-electron chi connectivity index (χ2n) is 11.5. The lowest BCUT2D eigenvalue weighted by Gasteiger charge is -2.48. The topological polar surface area (TPSA) is 264 Å². The zero-order chi connectivity index (χ0) is 39.6. The molecule has 21 heteroatoms. The normalized spacial score (nSPS) is 27.9. The van der Waals surface area contributed by atoms with Crippen LogP contribution in [0.15, 0.2) is 24.3 Å². The van der Waals surface area contributed by atoms with Crippen molar-refractivity contribution in [2.45, 2.75) is 110 Å². The van der Waals surface area contributed by atoms with E-state index in [0.717, 1.165) is 60.6 Å². The Balaban J connectivity index is 2.21. The number of hydrogen-bond donors (Lipinski definition) is 0. The maximum atomic E-state index is 12.5. The maximum absolute atomic E-state index is 12.5. The average molecular weight is 758 g/mol. The number of hydrogen-bond acceptors (Lipinski definition) is 20. The van der Waals surface area contributed by atoms with Crippen LogP contribution in [-0.2, 0) is 80.9 Å². The number of carbonyl (C=O) groups is 7. The second kappa shape index (κ2) is 18.9. The molecule has 0 bridgehead atoms. The van der Waals surface area contributed by atoms with Gasteiger partial charge >= 0.3 is 41.8 Å². The molecule has 53 heavy (non-hydrogen) atoms. The molecule has 0 N–H and O–H groups in total. The fraction of sp³-hybridized carbons (Fsp3) is 0.594. The lowest BCUT2D eigenvalue weighted by Crippen LogP contribution is -2.67. The molecule has 0 aliphatic carbocycles. The van der Waals surface area contributed by atoms with Gasteiger partial charge in [0.1, 0.15) is 37.3 Å². The highest BCUT2D eigenvalue weighted by Crippen LogP contribution is 2.36. The molecule has 1 aromatic rings. The summed E-state index contributed by atoms with van der Waals surface area (Å²) >= 11 is 0. The van der Waals surface area contributed by atoms with Crippen LogP contribution in [-0.4, -0.2) is 121 Å². The van der Waals surface area contributed by atoms with Crippen LogP contribution in [0.1, 0.15) is 48.5 Å². The summed E-state index contributed by atoms with van der Waals surface area (Å²) in [6.07, 6.45) is -16.6. The summed E-state index contributed by atoms with van der Waals surface area (Å²) in [6, 6.07) is 4.65. The van der Waals surface area contributed by atoms with E-state index in [2.05, 4.69) is 0 Å². The molecule has 21 nitrogen and oxygen atoms in total. The van der Waals surface area contributed by atoms with Crippen LogP contribution in [0.3, 0.4) is 0 Å². The summed E-state index contributed by atoms with van der Waals surface area (Å²) in [6.45, 7) is 6.01. The molecule has 0 unspecified atom stereocenters. The van der Waals surface area contributed by atoms with E-state index in [1.807, 2.05) is 0 Å². The molecule has 1 aromatic carbocycles. The molecule has 0 saturated carbocycles. The highest BCUT2D eigenvalue weighted by molar-refractivity contribution is 5.69. The van der Waals surface area contributed by atoms with E-state index in [-0.39, 0.29) is 11.4 Å². The zero-order valence-corrected chi connectivity index (χ0v) is 29.6. The van der Waals surface area contributed by atoms with Gasteiger partial charge in [0.2, 0.25) is 6.29 Å². The van der Waals surface area contributed by atoms with Crippen LogP contribution in [0.25, 0.3) is 0 Å². The number of esters is 7. The molecule has 0 radical (unpaired) electrons. The van der Waals surface area contributed by atoms with Crippen molar-refractivity contribution in [3.8, 4) is 5.75 Å². The summed E-state index contributed by atoms with van der Waals surface area (Å²) in [5.41, 5.74) is -0.286. The first-order valence-corrected chi connectivity index (χ1v) is 15.9. The van der Waals surface area contributed by atoms with Crippen molar-refractivity contribution < 1.29 is 90.6 Å². The standard InChI is InChI=1S/C32H39NO20/c1-14(34)43-12-23-25(45-16(3)36)27(47-18(5)38)29(48-19(6)39)32(52-23)53-28-26(46-17(4)37)24(13-44-15(2)35)51-31(30(28)49-20(7)40)50-22-10-8-21(9-11-22)33(41)42/h8-11,23-32H,12-13H2,1-7H3/t23-,24+,25-,26+,27+,28-,29-,30+,31-,32+/m0/s1. The number of benzene rings is 1. The molecule has 2 aliphatic rings. The van der Waals surface area contributed by atoms with Gasteiger partial charge in [0.15, 0.2) is 36.8 Å². The molecule has 10 atom stereocenters. The Bertz CT molecular complexity index is 1530. The van der Waals surface area contributed by atoms with Crippen molar-refractivity contribution in [2.24, 2.45) is 0 Å². The van der Waals surface area contributed by atoms with Gasteiger partial charge in [0.25, 0.3) is 5.69 Å². The molecule has 2 fully saturated rings. The molecule has 0 amide bonds. The second-order valence-corrected chi connectivity index (χ2v) is 11.5. The van der Waals surface area contributed by atoms with Gasteiger partial charge in [-0.05, 0) is 12.1 Å². The SMILES string of the molecule is CC(=O)OC[C@@H]1O[C@H](O[C@@H]2[C@@H](OC(C)=O)[C@@H](Oc3ccc([N+](=O)[O-])cc3)O[C@H](COC(C)=O)[C@H]2OC(C)=O)[C@@H](OC(C)=O)[C@H](OC(C)=O)[C@H]1OC(C)=O. The molecule has 2 aliphatic heterocycles. The van der Waals surface area contributed by atoms with E-state index in [1.165, 1.54) is 12.1 Å². The molecule has 2 saturated heterocycles. The van der Waals surface area contributed by atoms with Crippen LogP contribution in [0.4, 0.5) is 5.69 Å². The van der Waals surface area contributed by atoms with Crippen LogP contribution >= 0.6 is 0 Å². The number of non-ortho nitro benzene ring substituents is 1. The van der Waals surface area contributed by atoms with Gasteiger partial charge < -0.3 is 52.1 Å². The third-order valence-electron chi connectivity index (χ3n) is 7.19. The first-order chi connectivity index (χ1) is 24.9. The molecule has 3 rings (SSSR count). The summed E-state index contributed by atoms with van der Waals surface area (Å²) < 4.78 is 61.9.